The van der Waals surface area contributed by atoms with Crippen molar-refractivity contribution in [3.63, 3.8) is 0 Å². The molecular formula is C33H29N3O7. The van der Waals surface area contributed by atoms with Gasteiger partial charge in [-0.2, -0.15) is 9.78 Å². The van der Waals surface area contributed by atoms with E-state index in [0.29, 0.717) is 50.6 Å². The van der Waals surface area contributed by atoms with Crippen LogP contribution in [0.2, 0.25) is 0 Å². The molecule has 5 rings (SSSR count). The number of carbonyl (C=O) groups is 1. The highest BCUT2D eigenvalue weighted by Crippen LogP contribution is 2.41. The Hall–Kier alpha value is -5.64. The van der Waals surface area contributed by atoms with Crippen molar-refractivity contribution in [1.29, 1.82) is 0 Å². The third kappa shape index (κ3) is 5.89. The molecule has 5 aromatic rings. The van der Waals surface area contributed by atoms with Gasteiger partial charge in [0.1, 0.15) is 0 Å². The van der Waals surface area contributed by atoms with E-state index < -0.39 is 5.97 Å². The largest absolute Gasteiger partial charge is 0.493 e. The number of hydrogen-bond donors (Lipinski definition) is 0. The molecule has 0 saturated carbocycles. The van der Waals surface area contributed by atoms with Crippen molar-refractivity contribution in [3.8, 4) is 40.1 Å². The molecule has 1 heterocycles. The summed E-state index contributed by atoms with van der Waals surface area (Å²) in [5.74, 6) is 1.52. The minimum Gasteiger partial charge on any atom is -0.493 e. The summed E-state index contributed by atoms with van der Waals surface area (Å²) in [6.07, 6.45) is 1.49. The smallest absolute Gasteiger partial charge is 0.343 e. The summed E-state index contributed by atoms with van der Waals surface area (Å²) in [6, 6.07) is 22.5. The number of aryl methyl sites for hydroxylation is 1. The highest BCUT2D eigenvalue weighted by atomic mass is 16.6. The second-order valence-electron chi connectivity index (χ2n) is 9.40. The lowest BCUT2D eigenvalue weighted by Crippen LogP contribution is -2.20. The average molecular weight is 580 g/mol. The lowest BCUT2D eigenvalue weighted by atomic mass is 10.1. The number of carbonyl (C=O) groups excluding carboxylic acids is 1. The van der Waals surface area contributed by atoms with Crippen LogP contribution in [0.1, 0.15) is 21.5 Å². The monoisotopic (exact) mass is 579 g/mol. The molecule has 0 saturated heterocycles. The zero-order valence-corrected chi connectivity index (χ0v) is 24.3. The molecule has 0 N–H and O–H groups in total. The normalized spacial score (nSPS) is 11.0. The Labute approximate surface area is 247 Å². The second kappa shape index (κ2) is 12.5. The molecule has 4 aromatic carbocycles. The summed E-state index contributed by atoms with van der Waals surface area (Å²) in [5.41, 5.74) is 2.60. The highest BCUT2D eigenvalue weighted by Gasteiger charge is 2.19. The third-order valence-corrected chi connectivity index (χ3v) is 6.64. The average Bonchev–Trinajstić information content (AvgIpc) is 3.03. The Morgan fingerprint density at radius 2 is 1.51 bits per heavy atom. The van der Waals surface area contributed by atoms with E-state index in [1.54, 1.807) is 72.8 Å². The van der Waals surface area contributed by atoms with Crippen LogP contribution in [0.4, 0.5) is 0 Å². The fourth-order valence-electron chi connectivity index (χ4n) is 4.53. The van der Waals surface area contributed by atoms with Crippen molar-refractivity contribution < 1.29 is 28.5 Å². The van der Waals surface area contributed by atoms with Crippen LogP contribution in [-0.4, -0.2) is 50.3 Å². The number of benzene rings is 4. The van der Waals surface area contributed by atoms with E-state index >= 15 is 0 Å². The van der Waals surface area contributed by atoms with Crippen LogP contribution in [0.15, 0.2) is 88.8 Å². The van der Waals surface area contributed by atoms with Crippen LogP contribution < -0.4 is 29.2 Å². The molecule has 218 valence electrons. The van der Waals surface area contributed by atoms with E-state index in [9.17, 15) is 9.59 Å². The molecule has 0 bridgehead atoms. The van der Waals surface area contributed by atoms with Crippen LogP contribution in [0, 0.1) is 6.92 Å². The Morgan fingerprint density at radius 1 is 0.791 bits per heavy atom. The number of nitrogens with zero attached hydrogens (tertiary/aromatic N) is 3. The van der Waals surface area contributed by atoms with Crippen molar-refractivity contribution in [2.45, 2.75) is 6.92 Å². The molecule has 0 fully saturated rings. The predicted octanol–water partition coefficient (Wildman–Crippen LogP) is 5.51. The summed E-state index contributed by atoms with van der Waals surface area (Å²) in [6.45, 7) is 1.90. The molecule has 0 aliphatic heterocycles. The zero-order valence-electron chi connectivity index (χ0n) is 24.3. The third-order valence-electron chi connectivity index (χ3n) is 6.64. The molecule has 0 aliphatic carbocycles. The molecule has 0 spiro atoms. The van der Waals surface area contributed by atoms with Crippen LogP contribution >= 0.6 is 0 Å². The fraction of sp³-hybridized carbons (Fsp3) is 0.152. The van der Waals surface area contributed by atoms with Crippen molar-refractivity contribution in [2.75, 3.05) is 28.4 Å². The fourth-order valence-corrected chi connectivity index (χ4v) is 4.53. The van der Waals surface area contributed by atoms with Crippen molar-refractivity contribution in [1.82, 2.24) is 9.66 Å². The van der Waals surface area contributed by atoms with E-state index in [1.807, 2.05) is 13.0 Å². The first kappa shape index (κ1) is 28.9. The lowest BCUT2D eigenvalue weighted by Gasteiger charge is -2.15. The van der Waals surface area contributed by atoms with Gasteiger partial charge in [0.05, 0.1) is 51.1 Å². The minimum atomic E-state index is -0.507. The SMILES string of the molecule is COc1cc(C=Nn2c(-c3cc(OC)c(OC)c(OC)c3)nc3ccccc3c2=O)ccc1OC(=O)c1cccc(C)c1. The number of esters is 1. The standard InChI is InChI=1S/C33H29N3O7/c1-20-9-8-10-22(15-20)33(38)43-26-14-13-21(16-27(26)39-2)19-34-36-31(35-25-12-7-6-11-24(25)32(36)37)23-17-28(40-3)30(42-5)29(18-23)41-4/h6-19H,1-5H3. The maximum Gasteiger partial charge on any atom is 0.343 e. The molecule has 0 unspecified atom stereocenters. The number of methoxy groups -OCH3 is 4. The van der Waals surface area contributed by atoms with Crippen LogP contribution in [-0.2, 0) is 0 Å². The van der Waals surface area contributed by atoms with Gasteiger partial charge >= 0.3 is 5.97 Å². The minimum absolute atomic E-state index is 0.244. The zero-order chi connectivity index (χ0) is 30.5. The van der Waals surface area contributed by atoms with Crippen molar-refractivity contribution in [2.24, 2.45) is 5.10 Å². The van der Waals surface area contributed by atoms with Gasteiger partial charge in [-0.15, -0.1) is 0 Å². The van der Waals surface area contributed by atoms with Gasteiger partial charge < -0.3 is 23.7 Å². The molecular weight excluding hydrogens is 550 g/mol. The van der Waals surface area contributed by atoms with E-state index in [4.69, 9.17) is 28.7 Å². The van der Waals surface area contributed by atoms with Crippen molar-refractivity contribution in [3.05, 3.63) is 106 Å². The van der Waals surface area contributed by atoms with Gasteiger partial charge in [-0.3, -0.25) is 4.79 Å². The summed E-state index contributed by atoms with van der Waals surface area (Å²) < 4.78 is 28.8. The highest BCUT2D eigenvalue weighted by molar-refractivity contribution is 5.92. The molecule has 10 nitrogen and oxygen atoms in total. The van der Waals surface area contributed by atoms with Crippen molar-refractivity contribution >= 4 is 23.1 Å². The van der Waals surface area contributed by atoms with Crippen LogP contribution in [0.3, 0.4) is 0 Å². The van der Waals surface area contributed by atoms with E-state index in [2.05, 4.69) is 5.10 Å². The van der Waals surface area contributed by atoms with Gasteiger partial charge in [0.15, 0.2) is 28.8 Å². The van der Waals surface area contributed by atoms with E-state index in [1.165, 1.54) is 39.3 Å². The van der Waals surface area contributed by atoms with Gasteiger partial charge in [0.25, 0.3) is 5.56 Å². The number of ether oxygens (including phenoxy) is 5. The molecule has 0 radical (unpaired) electrons. The van der Waals surface area contributed by atoms with Gasteiger partial charge in [0.2, 0.25) is 5.75 Å². The first-order valence-corrected chi connectivity index (χ1v) is 13.2. The van der Waals surface area contributed by atoms with Crippen LogP contribution in [0.25, 0.3) is 22.3 Å². The molecule has 0 amide bonds. The van der Waals surface area contributed by atoms with E-state index in [-0.39, 0.29) is 17.1 Å². The number of hydrogen-bond acceptors (Lipinski definition) is 9. The Morgan fingerprint density at radius 3 is 2.19 bits per heavy atom. The quantitative estimate of drug-likeness (QED) is 0.128. The molecule has 43 heavy (non-hydrogen) atoms. The Balaban J connectivity index is 1.56. The maximum atomic E-state index is 13.7. The van der Waals surface area contributed by atoms with Gasteiger partial charge in [-0.1, -0.05) is 29.8 Å². The summed E-state index contributed by atoms with van der Waals surface area (Å²) in [5, 5.41) is 4.92. The molecule has 0 aliphatic rings. The van der Waals surface area contributed by atoms with Gasteiger partial charge in [-0.25, -0.2) is 9.78 Å². The number of rotatable bonds is 9. The molecule has 0 atom stereocenters. The van der Waals surface area contributed by atoms with Gasteiger partial charge in [-0.05, 0) is 67.1 Å². The topological polar surface area (TPSA) is 110 Å². The maximum absolute atomic E-state index is 13.7. The lowest BCUT2D eigenvalue weighted by molar-refractivity contribution is 0.0729. The van der Waals surface area contributed by atoms with Crippen LogP contribution in [0.5, 0.6) is 28.7 Å². The number of fused-ring (bicyclic) bond motifs is 1. The van der Waals surface area contributed by atoms with E-state index in [0.717, 1.165) is 5.56 Å². The Kier molecular flexibility index (Phi) is 8.38. The predicted molar refractivity (Wildman–Crippen MR) is 163 cm³/mol. The molecule has 10 heteroatoms. The second-order valence-corrected chi connectivity index (χ2v) is 9.40. The van der Waals surface area contributed by atoms with Gasteiger partial charge in [0, 0.05) is 5.56 Å². The molecule has 1 aromatic heterocycles. The summed E-state index contributed by atoms with van der Waals surface area (Å²) in [7, 11) is 6.00. The Bertz CT molecular complexity index is 1890. The first-order chi connectivity index (χ1) is 20.9. The number of aromatic nitrogens is 2. The summed E-state index contributed by atoms with van der Waals surface area (Å²) >= 11 is 0. The first-order valence-electron chi connectivity index (χ1n) is 13.2. The number of para-hydroxylation sites is 1. The summed E-state index contributed by atoms with van der Waals surface area (Å²) in [4.78, 5) is 31.1.